The summed E-state index contributed by atoms with van der Waals surface area (Å²) < 4.78 is 84.8. The number of benzene rings is 4. The Kier molecular flexibility index (Phi) is 9.38. The molecule has 0 atom stereocenters. The largest absolute Gasteiger partial charge is 0.444 e. The summed E-state index contributed by atoms with van der Waals surface area (Å²) in [6.07, 6.45) is 1.38. The van der Waals surface area contributed by atoms with Gasteiger partial charge >= 0.3 is 22.7 Å². The van der Waals surface area contributed by atoms with Crippen LogP contribution in [0.5, 0.6) is 23.0 Å². The minimum Gasteiger partial charge on any atom is -0.444 e. The molecule has 49 heavy (non-hydrogen) atoms. The second kappa shape index (κ2) is 12.9. The molecule has 0 fully saturated rings. The summed E-state index contributed by atoms with van der Waals surface area (Å²) in [7, 11) is -12.5. The Morgan fingerprint density at radius 1 is 0.449 bits per heavy atom. The van der Waals surface area contributed by atoms with Gasteiger partial charge < -0.3 is 9.47 Å². The van der Waals surface area contributed by atoms with Crippen molar-refractivity contribution in [3.8, 4) is 23.0 Å². The zero-order chi connectivity index (χ0) is 36.6. The van der Waals surface area contributed by atoms with Gasteiger partial charge in [-0.1, -0.05) is 0 Å². The maximum atomic E-state index is 13.3. The molecule has 4 aromatic carbocycles. The molecule has 0 spiro atoms. The lowest BCUT2D eigenvalue weighted by Crippen LogP contribution is -2.05. The highest BCUT2D eigenvalue weighted by atomic mass is 32.2. The van der Waals surface area contributed by atoms with Crippen LogP contribution in [0.3, 0.4) is 0 Å². The Hall–Kier alpha value is -6.07. The third kappa shape index (κ3) is 7.58. The summed E-state index contributed by atoms with van der Waals surface area (Å²) in [5, 5.41) is 46.5. The molecule has 0 aliphatic carbocycles. The molecule has 0 heterocycles. The maximum absolute atomic E-state index is 13.3. The van der Waals surface area contributed by atoms with Gasteiger partial charge in [0.2, 0.25) is 9.84 Å². The van der Waals surface area contributed by atoms with Crippen molar-refractivity contribution in [1.29, 1.82) is 0 Å². The molecular weight excluding hydrogens is 720 g/mol. The van der Waals surface area contributed by atoms with E-state index < -0.39 is 93.2 Å². The van der Waals surface area contributed by atoms with Crippen LogP contribution in [0.1, 0.15) is 0 Å². The lowest BCUT2D eigenvalue weighted by molar-refractivity contribution is -0.396. The maximum Gasteiger partial charge on any atom is 0.320 e. The number of sulfone groups is 3. The molecule has 4 aromatic rings. The zero-order valence-electron chi connectivity index (χ0n) is 24.5. The van der Waals surface area contributed by atoms with E-state index in [0.717, 1.165) is 48.5 Å². The second-order valence-electron chi connectivity index (χ2n) is 9.80. The van der Waals surface area contributed by atoms with Gasteiger partial charge in [-0.25, -0.2) is 25.3 Å². The number of ether oxygens (including phenoxy) is 2. The van der Waals surface area contributed by atoms with Gasteiger partial charge in [-0.3, -0.25) is 40.5 Å². The third-order valence-electron chi connectivity index (χ3n) is 6.40. The van der Waals surface area contributed by atoms with E-state index in [0.29, 0.717) is 36.8 Å². The first-order valence-electron chi connectivity index (χ1n) is 12.8. The monoisotopic (exact) mass is 738 g/mol. The summed E-state index contributed by atoms with van der Waals surface area (Å²) in [4.78, 5) is 39.9. The van der Waals surface area contributed by atoms with Gasteiger partial charge in [-0.15, -0.1) is 0 Å². The highest BCUT2D eigenvalue weighted by molar-refractivity contribution is 7.91. The molecule has 20 nitrogen and oxygen atoms in total. The van der Waals surface area contributed by atoms with Gasteiger partial charge in [0.25, 0.3) is 11.5 Å². The van der Waals surface area contributed by atoms with Crippen LogP contribution in [0.4, 0.5) is 22.7 Å². The quantitative estimate of drug-likeness (QED) is 0.142. The Morgan fingerprint density at radius 3 is 0.898 bits per heavy atom. The van der Waals surface area contributed by atoms with Crippen molar-refractivity contribution < 1.29 is 54.4 Å². The van der Waals surface area contributed by atoms with Crippen molar-refractivity contribution in [1.82, 2.24) is 0 Å². The minimum absolute atomic E-state index is 0.300. The molecule has 23 heteroatoms. The predicted molar refractivity (Wildman–Crippen MR) is 164 cm³/mol. The smallest absolute Gasteiger partial charge is 0.320 e. The van der Waals surface area contributed by atoms with Gasteiger partial charge in [0.1, 0.15) is 11.5 Å². The van der Waals surface area contributed by atoms with E-state index in [1.54, 1.807) is 0 Å². The van der Waals surface area contributed by atoms with Gasteiger partial charge in [0.15, 0.2) is 19.7 Å². The van der Waals surface area contributed by atoms with Crippen molar-refractivity contribution in [2.75, 3.05) is 12.5 Å². The Balaban J connectivity index is 1.65. The molecule has 0 bridgehead atoms. The molecule has 0 amide bonds. The number of hydrogen-bond acceptors (Lipinski definition) is 16. The summed E-state index contributed by atoms with van der Waals surface area (Å²) in [6.45, 7) is 0. The van der Waals surface area contributed by atoms with E-state index in [9.17, 15) is 65.7 Å². The number of hydrogen-bond donors (Lipinski definition) is 0. The summed E-state index contributed by atoms with van der Waals surface area (Å²) in [5.74, 6) is -2.43. The molecule has 4 rings (SSSR count). The van der Waals surface area contributed by atoms with Crippen LogP contribution in [0, 0.1) is 40.5 Å². The van der Waals surface area contributed by atoms with E-state index in [-0.39, 0.29) is 21.3 Å². The summed E-state index contributed by atoms with van der Waals surface area (Å²) in [6, 6.07) is 10.3. The number of nitro benzene ring substituents is 4. The molecule has 256 valence electrons. The van der Waals surface area contributed by atoms with Crippen LogP contribution in [-0.2, 0) is 29.5 Å². The van der Waals surface area contributed by atoms with Crippen LogP contribution >= 0.6 is 0 Å². The molecule has 0 radical (unpaired) electrons. The highest BCUT2D eigenvalue weighted by Crippen LogP contribution is 2.43. The van der Waals surface area contributed by atoms with E-state index in [1.165, 1.54) is 0 Å². The zero-order valence-corrected chi connectivity index (χ0v) is 26.9. The molecule has 0 saturated heterocycles. The average Bonchev–Trinajstić information content (AvgIpc) is 3.00. The normalized spacial score (nSPS) is 11.8. The van der Waals surface area contributed by atoms with Crippen molar-refractivity contribution in [2.24, 2.45) is 0 Å². The lowest BCUT2D eigenvalue weighted by Gasteiger charge is -2.11. The number of rotatable bonds is 12. The van der Waals surface area contributed by atoms with Gasteiger partial charge in [-0.05, 0) is 48.5 Å². The fourth-order valence-corrected chi connectivity index (χ4v) is 6.64. The van der Waals surface area contributed by atoms with Crippen molar-refractivity contribution in [3.05, 3.63) is 113 Å². The first-order chi connectivity index (χ1) is 22.6. The first-order valence-corrected chi connectivity index (χ1v) is 18.0. The fraction of sp³-hybridized carbons (Fsp3) is 0.0769. The molecule has 0 aliphatic heterocycles. The Bertz CT molecular complexity index is 2160. The van der Waals surface area contributed by atoms with Gasteiger partial charge in [0, 0.05) is 36.8 Å². The van der Waals surface area contributed by atoms with Crippen LogP contribution in [-0.4, -0.2) is 57.5 Å². The van der Waals surface area contributed by atoms with Gasteiger partial charge in [0.05, 0.1) is 39.3 Å². The van der Waals surface area contributed by atoms with E-state index >= 15 is 0 Å². The van der Waals surface area contributed by atoms with Crippen LogP contribution in [0.2, 0.25) is 0 Å². The number of nitro groups is 4. The van der Waals surface area contributed by atoms with Crippen LogP contribution in [0.15, 0.2) is 92.4 Å². The van der Waals surface area contributed by atoms with Gasteiger partial charge in [-0.2, -0.15) is 0 Å². The van der Waals surface area contributed by atoms with Crippen molar-refractivity contribution >= 4 is 52.3 Å². The molecule has 0 aliphatic rings. The summed E-state index contributed by atoms with van der Waals surface area (Å²) in [5.41, 5.74) is -4.18. The standard InChI is InChI=1S/C26H18N4O16S3/c1-47(39,40)19-11-21(27(31)32)25(22(12-19)28(33)34)45-15-3-7-17(8-4-15)49(43,44)18-9-5-16(6-10-18)46-26-23(29(35)36)13-20(48(2,41)42)14-24(26)30(37)38/h3-14H,1-2H3. The average molecular weight is 739 g/mol. The van der Waals surface area contributed by atoms with Crippen molar-refractivity contribution in [3.63, 3.8) is 0 Å². The molecule has 0 unspecified atom stereocenters. The van der Waals surface area contributed by atoms with E-state index in [4.69, 9.17) is 9.47 Å². The van der Waals surface area contributed by atoms with Crippen LogP contribution < -0.4 is 9.47 Å². The summed E-state index contributed by atoms with van der Waals surface area (Å²) >= 11 is 0. The Morgan fingerprint density at radius 2 is 0.694 bits per heavy atom. The lowest BCUT2D eigenvalue weighted by atomic mass is 10.2. The molecule has 0 N–H and O–H groups in total. The first kappa shape index (κ1) is 35.8. The second-order valence-corrected chi connectivity index (χ2v) is 15.8. The van der Waals surface area contributed by atoms with E-state index in [1.807, 2.05) is 0 Å². The fourth-order valence-electron chi connectivity index (χ4n) is 4.07. The third-order valence-corrected chi connectivity index (χ3v) is 10.4. The predicted octanol–water partition coefficient (Wildman–Crippen LogP) is 4.54. The SMILES string of the molecule is CS(=O)(=O)c1cc([N+](=O)[O-])c(Oc2ccc(S(=O)(=O)c3ccc(Oc4c([N+](=O)[O-])cc(S(C)(=O)=O)cc4[N+](=O)[O-])cc3)cc2)c([N+](=O)[O-])c1. The number of nitrogens with zero attached hydrogens (tertiary/aromatic N) is 4. The molecular formula is C26H18N4O16S3. The highest BCUT2D eigenvalue weighted by Gasteiger charge is 2.33. The molecule has 0 saturated carbocycles. The van der Waals surface area contributed by atoms with Crippen LogP contribution in [0.25, 0.3) is 0 Å². The Labute approximate surface area is 274 Å². The topological polar surface area (TPSA) is 293 Å². The minimum atomic E-state index is -4.33. The van der Waals surface area contributed by atoms with Crippen molar-refractivity contribution in [2.45, 2.75) is 19.6 Å². The van der Waals surface area contributed by atoms with E-state index in [2.05, 4.69) is 0 Å². The molecule has 0 aromatic heterocycles.